The lowest BCUT2D eigenvalue weighted by Crippen LogP contribution is -2.51. The lowest BCUT2D eigenvalue weighted by Gasteiger charge is -2.34. The van der Waals surface area contributed by atoms with Gasteiger partial charge >= 0.3 is 0 Å². The van der Waals surface area contributed by atoms with Gasteiger partial charge in [-0.05, 0) is 30.7 Å². The number of nitrogens with zero attached hydrogens (tertiary/aromatic N) is 2. The largest absolute Gasteiger partial charge is 0.444 e. The lowest BCUT2D eigenvalue weighted by atomic mass is 10.0. The normalized spacial score (nSPS) is 18.0. The summed E-state index contributed by atoms with van der Waals surface area (Å²) in [6.45, 7) is 0.618. The highest BCUT2D eigenvalue weighted by atomic mass is 32.1. The van der Waals surface area contributed by atoms with E-state index in [1.54, 1.807) is 11.9 Å². The van der Waals surface area contributed by atoms with Crippen LogP contribution >= 0.6 is 11.3 Å². The molecule has 0 spiro atoms. The van der Waals surface area contributed by atoms with Gasteiger partial charge in [-0.1, -0.05) is 6.07 Å². The van der Waals surface area contributed by atoms with E-state index in [1.165, 1.54) is 17.6 Å². The number of carbonyl (C=O) groups excluding carboxylic acids is 2. The molecule has 0 radical (unpaired) electrons. The van der Waals surface area contributed by atoms with E-state index in [0.29, 0.717) is 24.6 Å². The van der Waals surface area contributed by atoms with Gasteiger partial charge in [-0.25, -0.2) is 4.98 Å². The average molecular weight is 333 g/mol. The zero-order valence-corrected chi connectivity index (χ0v) is 13.8. The number of oxazole rings is 1. The molecule has 1 fully saturated rings. The molecular formula is C16H19N3O3S. The predicted octanol–water partition coefficient (Wildman–Crippen LogP) is 2.07. The summed E-state index contributed by atoms with van der Waals surface area (Å²) in [5.41, 5.74) is 0.597. The molecule has 3 heterocycles. The molecule has 0 saturated carbocycles. The molecule has 0 bridgehead atoms. The third kappa shape index (κ3) is 3.44. The zero-order chi connectivity index (χ0) is 16.2. The van der Waals surface area contributed by atoms with Crippen LogP contribution in [-0.4, -0.2) is 41.3 Å². The Balaban J connectivity index is 1.69. The molecule has 1 aliphatic heterocycles. The number of carbonyl (C=O) groups is 2. The van der Waals surface area contributed by atoms with Gasteiger partial charge in [0.25, 0.3) is 0 Å². The van der Waals surface area contributed by atoms with Crippen LogP contribution in [0.4, 0.5) is 0 Å². The third-order valence-corrected chi connectivity index (χ3v) is 4.85. The first-order chi connectivity index (χ1) is 11.2. The molecule has 1 saturated heterocycles. The summed E-state index contributed by atoms with van der Waals surface area (Å²) >= 11 is 1.54. The fraction of sp³-hybridized carbons (Fsp3) is 0.438. The van der Waals surface area contributed by atoms with E-state index in [4.69, 9.17) is 4.42 Å². The van der Waals surface area contributed by atoms with Crippen LogP contribution in [0.25, 0.3) is 10.8 Å². The zero-order valence-electron chi connectivity index (χ0n) is 12.9. The number of rotatable bonds is 4. The first kappa shape index (κ1) is 15.7. The Morgan fingerprint density at radius 3 is 3.09 bits per heavy atom. The quantitative estimate of drug-likeness (QED) is 0.929. The van der Waals surface area contributed by atoms with Crippen molar-refractivity contribution in [2.45, 2.75) is 31.7 Å². The van der Waals surface area contributed by atoms with E-state index >= 15 is 0 Å². The number of likely N-dealkylation sites (tertiary alicyclic amines) is 1. The summed E-state index contributed by atoms with van der Waals surface area (Å²) in [5.74, 6) is 0.353. The third-order valence-electron chi connectivity index (χ3n) is 3.99. The summed E-state index contributed by atoms with van der Waals surface area (Å²) in [6.07, 6.45) is 4.28. The Kier molecular flexibility index (Phi) is 4.76. The summed E-state index contributed by atoms with van der Waals surface area (Å²) in [6, 6.07) is 3.48. The second kappa shape index (κ2) is 6.95. The van der Waals surface area contributed by atoms with Crippen molar-refractivity contribution in [3.8, 4) is 10.8 Å². The standard InChI is InChI=1S/C16H19N3O3S/c1-17-15(21)12-5-2-3-7-19(12)14(20)9-11-10-22-16(18-11)13-6-4-8-23-13/h4,6,8,10,12H,2-3,5,7,9H2,1H3,(H,17,21). The number of piperidine rings is 1. The van der Waals surface area contributed by atoms with Crippen molar-refractivity contribution < 1.29 is 14.0 Å². The van der Waals surface area contributed by atoms with Crippen LogP contribution in [0.15, 0.2) is 28.2 Å². The molecule has 23 heavy (non-hydrogen) atoms. The molecule has 122 valence electrons. The van der Waals surface area contributed by atoms with Crippen LogP contribution in [-0.2, 0) is 16.0 Å². The Morgan fingerprint density at radius 2 is 2.35 bits per heavy atom. The second-order valence-corrected chi connectivity index (χ2v) is 6.46. The van der Waals surface area contributed by atoms with E-state index in [-0.39, 0.29) is 24.3 Å². The van der Waals surface area contributed by atoms with Crippen LogP contribution < -0.4 is 5.32 Å². The molecule has 3 rings (SSSR count). The van der Waals surface area contributed by atoms with Crippen LogP contribution in [0, 0.1) is 0 Å². The Labute approximate surface area is 138 Å². The van der Waals surface area contributed by atoms with Gasteiger partial charge in [0.2, 0.25) is 17.7 Å². The topological polar surface area (TPSA) is 75.4 Å². The highest BCUT2D eigenvalue weighted by Gasteiger charge is 2.31. The monoisotopic (exact) mass is 333 g/mol. The van der Waals surface area contributed by atoms with Gasteiger partial charge in [-0.3, -0.25) is 9.59 Å². The van der Waals surface area contributed by atoms with Gasteiger partial charge in [0.05, 0.1) is 17.0 Å². The molecule has 2 amide bonds. The van der Waals surface area contributed by atoms with Crippen LogP contribution in [0.3, 0.4) is 0 Å². The van der Waals surface area contributed by atoms with E-state index in [1.807, 2.05) is 17.5 Å². The molecule has 0 aliphatic carbocycles. The molecule has 2 aromatic heterocycles. The van der Waals surface area contributed by atoms with Crippen molar-refractivity contribution in [2.24, 2.45) is 0 Å². The molecule has 1 N–H and O–H groups in total. The fourth-order valence-corrected chi connectivity index (χ4v) is 3.48. The van der Waals surface area contributed by atoms with Gasteiger partial charge in [0.1, 0.15) is 12.3 Å². The maximum absolute atomic E-state index is 12.6. The predicted molar refractivity (Wildman–Crippen MR) is 86.9 cm³/mol. The maximum Gasteiger partial charge on any atom is 0.242 e. The molecule has 7 heteroatoms. The van der Waals surface area contributed by atoms with E-state index in [9.17, 15) is 9.59 Å². The summed E-state index contributed by atoms with van der Waals surface area (Å²) in [5, 5.41) is 4.59. The first-order valence-electron chi connectivity index (χ1n) is 7.68. The van der Waals surface area contributed by atoms with Crippen molar-refractivity contribution >= 4 is 23.2 Å². The Bertz CT molecular complexity index is 681. The van der Waals surface area contributed by atoms with Crippen molar-refractivity contribution in [3.05, 3.63) is 29.5 Å². The first-order valence-corrected chi connectivity index (χ1v) is 8.56. The van der Waals surface area contributed by atoms with Gasteiger partial charge in [-0.2, -0.15) is 0 Å². The number of nitrogens with one attached hydrogen (secondary N) is 1. The number of likely N-dealkylation sites (N-methyl/N-ethyl adjacent to an activating group) is 1. The van der Waals surface area contributed by atoms with Crippen molar-refractivity contribution in [3.63, 3.8) is 0 Å². The molecule has 1 unspecified atom stereocenters. The summed E-state index contributed by atoms with van der Waals surface area (Å²) in [4.78, 5) is 31.5. The summed E-state index contributed by atoms with van der Waals surface area (Å²) in [7, 11) is 1.60. The minimum absolute atomic E-state index is 0.0793. The SMILES string of the molecule is CNC(=O)C1CCCCN1C(=O)Cc1coc(-c2cccs2)n1. The van der Waals surface area contributed by atoms with Crippen molar-refractivity contribution in [2.75, 3.05) is 13.6 Å². The van der Waals surface area contributed by atoms with Gasteiger partial charge in [-0.15, -0.1) is 11.3 Å². The van der Waals surface area contributed by atoms with E-state index in [0.717, 1.165) is 17.7 Å². The average Bonchev–Trinajstić information content (AvgIpc) is 3.25. The number of hydrogen-bond donors (Lipinski definition) is 1. The van der Waals surface area contributed by atoms with E-state index < -0.39 is 0 Å². The number of aromatic nitrogens is 1. The van der Waals surface area contributed by atoms with Crippen molar-refractivity contribution in [1.82, 2.24) is 15.2 Å². The number of hydrogen-bond acceptors (Lipinski definition) is 5. The number of amides is 2. The van der Waals surface area contributed by atoms with Crippen LogP contribution in [0.2, 0.25) is 0 Å². The van der Waals surface area contributed by atoms with Crippen molar-refractivity contribution in [1.29, 1.82) is 0 Å². The minimum Gasteiger partial charge on any atom is -0.444 e. The van der Waals surface area contributed by atoms with E-state index in [2.05, 4.69) is 10.3 Å². The molecular weight excluding hydrogens is 314 g/mol. The van der Waals surface area contributed by atoms with Gasteiger partial charge in [0.15, 0.2) is 0 Å². The molecule has 0 aromatic carbocycles. The molecule has 1 aliphatic rings. The Morgan fingerprint density at radius 1 is 1.48 bits per heavy atom. The van der Waals surface area contributed by atoms with Crippen LogP contribution in [0.5, 0.6) is 0 Å². The highest BCUT2D eigenvalue weighted by molar-refractivity contribution is 7.13. The second-order valence-electron chi connectivity index (χ2n) is 5.51. The Hall–Kier alpha value is -2.15. The number of thiophene rings is 1. The molecule has 6 nitrogen and oxygen atoms in total. The maximum atomic E-state index is 12.6. The van der Waals surface area contributed by atoms with Crippen LogP contribution in [0.1, 0.15) is 25.0 Å². The summed E-state index contributed by atoms with van der Waals surface area (Å²) < 4.78 is 5.44. The minimum atomic E-state index is -0.370. The molecule has 2 aromatic rings. The molecule has 1 atom stereocenters. The highest BCUT2D eigenvalue weighted by Crippen LogP contribution is 2.24. The van der Waals surface area contributed by atoms with Gasteiger partial charge < -0.3 is 14.6 Å². The smallest absolute Gasteiger partial charge is 0.242 e. The lowest BCUT2D eigenvalue weighted by molar-refractivity contribution is -0.141. The van der Waals surface area contributed by atoms with Gasteiger partial charge in [0, 0.05) is 13.6 Å². The fourth-order valence-electron chi connectivity index (χ4n) is 2.83.